The van der Waals surface area contributed by atoms with Gasteiger partial charge in [0.2, 0.25) is 0 Å². The highest BCUT2D eigenvalue weighted by Crippen LogP contribution is 2.17. The Morgan fingerprint density at radius 3 is 0.852 bits per heavy atom. The minimum absolute atomic E-state index is 0.0681. The molecular weight excluding hydrogens is 757 g/mol. The number of unbranched alkanes of at least 4 members (excludes halogenated alkanes) is 37. The van der Waals surface area contributed by atoms with Crippen LogP contribution in [0.5, 0.6) is 0 Å². The molecule has 0 saturated carbocycles. The van der Waals surface area contributed by atoms with Crippen LogP contribution in [0.1, 0.15) is 303 Å². The summed E-state index contributed by atoms with van der Waals surface area (Å²) >= 11 is 0. The zero-order chi connectivity index (χ0) is 44.4. The Kier molecular flexibility index (Phi) is 49.3. The lowest BCUT2D eigenvalue weighted by molar-refractivity contribution is -0.167. The van der Waals surface area contributed by atoms with Crippen LogP contribution in [0.15, 0.2) is 12.2 Å². The van der Waals surface area contributed by atoms with E-state index in [0.717, 1.165) is 64.2 Å². The van der Waals surface area contributed by atoms with Crippen LogP contribution < -0.4 is 0 Å². The van der Waals surface area contributed by atoms with E-state index in [0.29, 0.717) is 19.3 Å². The normalized spacial score (nSPS) is 12.0. The molecule has 0 amide bonds. The predicted molar refractivity (Wildman–Crippen MR) is 261 cm³/mol. The first-order valence-corrected chi connectivity index (χ1v) is 27.2. The lowest BCUT2D eigenvalue weighted by Gasteiger charge is -2.18. The van der Waals surface area contributed by atoms with Crippen molar-refractivity contribution in [2.45, 2.75) is 309 Å². The highest BCUT2D eigenvalue weighted by molar-refractivity contribution is 5.71. The maximum Gasteiger partial charge on any atom is 0.306 e. The summed E-state index contributed by atoms with van der Waals surface area (Å²) in [6.07, 6.45) is 56.4. The Labute approximate surface area is 380 Å². The molecule has 0 rings (SSSR count). The Morgan fingerprint density at radius 2 is 0.541 bits per heavy atom. The molecule has 0 aliphatic rings. The first-order valence-electron chi connectivity index (χ1n) is 27.2. The monoisotopic (exact) mass is 861 g/mol. The fraction of sp³-hybridized carbons (Fsp3) is 0.909. The van der Waals surface area contributed by atoms with E-state index in [9.17, 15) is 14.4 Å². The standard InChI is InChI=1S/C55H104O6/c1-4-7-10-13-16-19-22-24-25-26-27-28-29-30-31-32-34-36-39-42-45-48-54(57)60-51-52(50-59-53(56)47-44-41-38-35-21-18-15-12-9-6-3)61-55(58)49-46-43-40-37-33-23-20-17-14-11-8-5-2/h17,20,52H,4-16,18-19,21-51H2,1-3H3/b20-17-. The number of esters is 3. The maximum atomic E-state index is 12.8. The topological polar surface area (TPSA) is 78.9 Å². The maximum absolute atomic E-state index is 12.8. The zero-order valence-electron chi connectivity index (χ0n) is 41.2. The molecule has 0 bridgehead atoms. The third-order valence-corrected chi connectivity index (χ3v) is 12.3. The first-order chi connectivity index (χ1) is 30.0. The summed E-state index contributed by atoms with van der Waals surface area (Å²) in [6, 6.07) is 0. The molecule has 360 valence electrons. The van der Waals surface area contributed by atoms with Crippen LogP contribution in [-0.2, 0) is 28.6 Å². The summed E-state index contributed by atoms with van der Waals surface area (Å²) < 4.78 is 16.8. The van der Waals surface area contributed by atoms with Crippen molar-refractivity contribution in [1.82, 2.24) is 0 Å². The first kappa shape index (κ1) is 59.1. The molecule has 1 atom stereocenters. The second-order valence-electron chi connectivity index (χ2n) is 18.5. The second-order valence-corrected chi connectivity index (χ2v) is 18.5. The molecule has 61 heavy (non-hydrogen) atoms. The van der Waals surface area contributed by atoms with Gasteiger partial charge in [0.15, 0.2) is 6.10 Å². The summed E-state index contributed by atoms with van der Waals surface area (Å²) in [6.45, 7) is 6.64. The van der Waals surface area contributed by atoms with Crippen molar-refractivity contribution in [3.63, 3.8) is 0 Å². The van der Waals surface area contributed by atoms with E-state index in [2.05, 4.69) is 32.9 Å². The molecule has 6 heteroatoms. The molecule has 0 aromatic heterocycles. The van der Waals surface area contributed by atoms with Gasteiger partial charge in [0.25, 0.3) is 0 Å². The van der Waals surface area contributed by atoms with Crippen LogP contribution >= 0.6 is 0 Å². The van der Waals surface area contributed by atoms with Crippen molar-refractivity contribution in [3.8, 4) is 0 Å². The van der Waals surface area contributed by atoms with Crippen molar-refractivity contribution in [3.05, 3.63) is 12.2 Å². The minimum Gasteiger partial charge on any atom is -0.462 e. The van der Waals surface area contributed by atoms with Gasteiger partial charge in [-0.3, -0.25) is 14.4 Å². The Bertz CT molecular complexity index is 947. The third kappa shape index (κ3) is 49.0. The number of carbonyl (C=O) groups is 3. The van der Waals surface area contributed by atoms with Gasteiger partial charge in [0.05, 0.1) is 0 Å². The third-order valence-electron chi connectivity index (χ3n) is 12.3. The van der Waals surface area contributed by atoms with E-state index in [1.54, 1.807) is 0 Å². The van der Waals surface area contributed by atoms with Gasteiger partial charge in [-0.25, -0.2) is 0 Å². The van der Waals surface area contributed by atoms with E-state index in [4.69, 9.17) is 14.2 Å². The molecular formula is C55H104O6. The van der Waals surface area contributed by atoms with Crippen LogP contribution in [0.25, 0.3) is 0 Å². The molecule has 0 saturated heterocycles. The van der Waals surface area contributed by atoms with Crippen molar-refractivity contribution < 1.29 is 28.6 Å². The molecule has 0 aliphatic carbocycles. The van der Waals surface area contributed by atoms with Crippen LogP contribution in [0.3, 0.4) is 0 Å². The summed E-state index contributed by atoms with van der Waals surface area (Å²) in [7, 11) is 0. The Balaban J connectivity index is 4.19. The van der Waals surface area contributed by atoms with E-state index < -0.39 is 6.10 Å². The van der Waals surface area contributed by atoms with Gasteiger partial charge >= 0.3 is 17.9 Å². The molecule has 6 nitrogen and oxygen atoms in total. The summed E-state index contributed by atoms with van der Waals surface area (Å²) in [4.78, 5) is 37.9. The summed E-state index contributed by atoms with van der Waals surface area (Å²) in [5.41, 5.74) is 0. The molecule has 0 aromatic carbocycles. The number of carbonyl (C=O) groups excluding carboxylic acids is 3. The highest BCUT2D eigenvalue weighted by atomic mass is 16.6. The molecule has 0 heterocycles. The number of allylic oxidation sites excluding steroid dienone is 2. The molecule has 0 spiro atoms. The number of rotatable bonds is 50. The van der Waals surface area contributed by atoms with Crippen molar-refractivity contribution in [2.75, 3.05) is 13.2 Å². The fourth-order valence-corrected chi connectivity index (χ4v) is 8.14. The van der Waals surface area contributed by atoms with E-state index in [1.165, 1.54) is 199 Å². The van der Waals surface area contributed by atoms with Gasteiger partial charge in [-0.2, -0.15) is 0 Å². The van der Waals surface area contributed by atoms with Gasteiger partial charge < -0.3 is 14.2 Å². The molecule has 1 unspecified atom stereocenters. The minimum atomic E-state index is -0.767. The van der Waals surface area contributed by atoms with Gasteiger partial charge in [-0.1, -0.05) is 251 Å². The van der Waals surface area contributed by atoms with Crippen LogP contribution in [0.2, 0.25) is 0 Å². The Hall–Kier alpha value is -1.85. The largest absolute Gasteiger partial charge is 0.462 e. The van der Waals surface area contributed by atoms with Gasteiger partial charge in [0.1, 0.15) is 13.2 Å². The lowest BCUT2D eigenvalue weighted by Crippen LogP contribution is -2.30. The number of ether oxygens (including phenoxy) is 3. The summed E-state index contributed by atoms with van der Waals surface area (Å²) in [5, 5.41) is 0. The quantitative estimate of drug-likeness (QED) is 0.0262. The highest BCUT2D eigenvalue weighted by Gasteiger charge is 2.19. The number of hydrogen-bond acceptors (Lipinski definition) is 6. The zero-order valence-corrected chi connectivity index (χ0v) is 41.2. The molecule has 0 N–H and O–H groups in total. The van der Waals surface area contributed by atoms with Gasteiger partial charge in [-0.15, -0.1) is 0 Å². The van der Waals surface area contributed by atoms with Gasteiger partial charge in [-0.05, 0) is 44.9 Å². The van der Waals surface area contributed by atoms with Crippen LogP contribution in [0, 0.1) is 0 Å². The van der Waals surface area contributed by atoms with Gasteiger partial charge in [0, 0.05) is 19.3 Å². The molecule has 0 fully saturated rings. The Morgan fingerprint density at radius 1 is 0.311 bits per heavy atom. The molecule has 0 aliphatic heterocycles. The average molecular weight is 861 g/mol. The molecule has 0 radical (unpaired) electrons. The van der Waals surface area contributed by atoms with Crippen molar-refractivity contribution in [1.29, 1.82) is 0 Å². The second kappa shape index (κ2) is 50.8. The summed E-state index contributed by atoms with van der Waals surface area (Å²) in [5.74, 6) is -0.861. The molecule has 0 aromatic rings. The lowest BCUT2D eigenvalue weighted by atomic mass is 10.0. The van der Waals surface area contributed by atoms with E-state index in [-0.39, 0.29) is 31.1 Å². The average Bonchev–Trinajstić information content (AvgIpc) is 3.26. The fourth-order valence-electron chi connectivity index (χ4n) is 8.14. The van der Waals surface area contributed by atoms with Crippen molar-refractivity contribution >= 4 is 17.9 Å². The van der Waals surface area contributed by atoms with Crippen LogP contribution in [0.4, 0.5) is 0 Å². The number of hydrogen-bond donors (Lipinski definition) is 0. The van der Waals surface area contributed by atoms with Crippen LogP contribution in [-0.4, -0.2) is 37.2 Å². The smallest absolute Gasteiger partial charge is 0.306 e. The SMILES string of the molecule is CCCCC/C=C\CCCCCCCC(=O)OC(COC(=O)CCCCCCCCCCCC)COC(=O)CCCCCCCCCCCCCCCCCCCCCCC. The van der Waals surface area contributed by atoms with Crippen molar-refractivity contribution in [2.24, 2.45) is 0 Å². The van der Waals surface area contributed by atoms with E-state index in [1.807, 2.05) is 0 Å². The van der Waals surface area contributed by atoms with E-state index >= 15 is 0 Å². The predicted octanol–water partition coefficient (Wildman–Crippen LogP) is 17.8.